The monoisotopic (exact) mass is 293 g/mol. The van der Waals surface area contributed by atoms with Crippen molar-refractivity contribution >= 4 is 5.69 Å². The van der Waals surface area contributed by atoms with E-state index in [2.05, 4.69) is 30.3 Å². The molecule has 0 heterocycles. The fraction of sp³-hybridized carbons (Fsp3) is 0.368. The molecule has 0 N–H and O–H groups in total. The Morgan fingerprint density at radius 1 is 0.818 bits per heavy atom. The summed E-state index contributed by atoms with van der Waals surface area (Å²) in [6.07, 6.45) is 3.94. The molecular formula is C19H19NO2. The van der Waals surface area contributed by atoms with Crippen molar-refractivity contribution in [3.63, 3.8) is 0 Å². The molecule has 2 aliphatic carbocycles. The number of hydrogen-bond donors (Lipinski definition) is 0. The maximum Gasteiger partial charge on any atom is 0.269 e. The van der Waals surface area contributed by atoms with E-state index in [4.69, 9.17) is 0 Å². The van der Waals surface area contributed by atoms with E-state index in [0.29, 0.717) is 11.8 Å². The standard InChI is InChI=1S/C19H19NO2/c21-20(22)17-10-8-14(9-11-17)19-16-7-6-15(12-16)18(19)13-4-2-1-3-5-13/h1-5,8-11,15-16,18-19H,6-7,12H2/t15-,16+,18+,19-/m0/s1. The molecule has 0 unspecified atom stereocenters. The Kier molecular flexibility index (Phi) is 3.21. The topological polar surface area (TPSA) is 43.1 Å². The Labute approximate surface area is 130 Å². The Balaban J connectivity index is 1.71. The highest BCUT2D eigenvalue weighted by Gasteiger charge is 2.48. The summed E-state index contributed by atoms with van der Waals surface area (Å²) in [6.45, 7) is 0. The lowest BCUT2D eigenvalue weighted by Crippen LogP contribution is -2.19. The third-order valence-electron chi connectivity index (χ3n) is 5.59. The number of benzene rings is 2. The van der Waals surface area contributed by atoms with Crippen LogP contribution in [0.4, 0.5) is 5.69 Å². The molecule has 0 aromatic heterocycles. The Morgan fingerprint density at radius 2 is 1.36 bits per heavy atom. The number of rotatable bonds is 3. The average molecular weight is 293 g/mol. The summed E-state index contributed by atoms with van der Waals surface area (Å²) in [7, 11) is 0. The molecule has 0 saturated heterocycles. The summed E-state index contributed by atoms with van der Waals surface area (Å²) in [4.78, 5) is 10.5. The largest absolute Gasteiger partial charge is 0.269 e. The van der Waals surface area contributed by atoms with Gasteiger partial charge in [0.1, 0.15) is 0 Å². The van der Waals surface area contributed by atoms with Crippen LogP contribution in [0.1, 0.15) is 42.2 Å². The molecule has 0 aliphatic heterocycles. The highest BCUT2D eigenvalue weighted by Crippen LogP contribution is 2.60. The molecule has 4 rings (SSSR count). The van der Waals surface area contributed by atoms with Crippen LogP contribution in [0.5, 0.6) is 0 Å². The summed E-state index contributed by atoms with van der Waals surface area (Å²) < 4.78 is 0. The summed E-state index contributed by atoms with van der Waals surface area (Å²) in [6, 6.07) is 18.0. The molecule has 2 fully saturated rings. The van der Waals surface area contributed by atoms with Gasteiger partial charge in [0.2, 0.25) is 0 Å². The molecule has 3 nitrogen and oxygen atoms in total. The number of nitro benzene ring substituents is 1. The van der Waals surface area contributed by atoms with Crippen LogP contribution in [0.15, 0.2) is 54.6 Å². The first-order valence-corrected chi connectivity index (χ1v) is 8.03. The smallest absolute Gasteiger partial charge is 0.258 e. The van der Waals surface area contributed by atoms with Gasteiger partial charge in [0.25, 0.3) is 5.69 Å². The van der Waals surface area contributed by atoms with Crippen LogP contribution in [0.3, 0.4) is 0 Å². The van der Waals surface area contributed by atoms with Gasteiger partial charge >= 0.3 is 0 Å². The summed E-state index contributed by atoms with van der Waals surface area (Å²) >= 11 is 0. The second-order valence-electron chi connectivity index (χ2n) is 6.64. The molecule has 2 saturated carbocycles. The predicted molar refractivity (Wildman–Crippen MR) is 85.9 cm³/mol. The Hall–Kier alpha value is -2.16. The van der Waals surface area contributed by atoms with E-state index in [1.807, 2.05) is 12.1 Å². The van der Waals surface area contributed by atoms with Gasteiger partial charge in [-0.2, -0.15) is 0 Å². The van der Waals surface area contributed by atoms with Crippen LogP contribution in [0, 0.1) is 22.0 Å². The Morgan fingerprint density at radius 3 is 1.91 bits per heavy atom. The normalized spacial score (nSPS) is 29.6. The van der Waals surface area contributed by atoms with E-state index < -0.39 is 0 Å². The number of hydrogen-bond acceptors (Lipinski definition) is 2. The van der Waals surface area contributed by atoms with E-state index in [0.717, 1.165) is 11.8 Å². The van der Waals surface area contributed by atoms with Crippen molar-refractivity contribution < 1.29 is 4.92 Å². The second-order valence-corrected chi connectivity index (χ2v) is 6.64. The summed E-state index contributed by atoms with van der Waals surface area (Å²) in [5, 5.41) is 10.9. The SMILES string of the molecule is O=[N+]([O-])c1ccc([C@H]2[C@@H]3CC[C@@H](C3)[C@H]2c2ccccc2)cc1. The van der Waals surface area contributed by atoms with E-state index in [1.165, 1.54) is 30.4 Å². The van der Waals surface area contributed by atoms with Crippen LogP contribution in [-0.4, -0.2) is 4.92 Å². The molecule has 2 bridgehead atoms. The van der Waals surface area contributed by atoms with Gasteiger partial charge in [-0.1, -0.05) is 42.5 Å². The van der Waals surface area contributed by atoms with Crippen molar-refractivity contribution in [2.45, 2.75) is 31.1 Å². The summed E-state index contributed by atoms with van der Waals surface area (Å²) in [5.41, 5.74) is 2.88. The molecule has 4 atom stereocenters. The molecule has 2 aromatic rings. The molecule has 2 aliphatic rings. The van der Waals surface area contributed by atoms with Crippen molar-refractivity contribution in [1.82, 2.24) is 0 Å². The number of non-ortho nitro benzene ring substituents is 1. The number of fused-ring (bicyclic) bond motifs is 2. The number of nitrogens with zero attached hydrogens (tertiary/aromatic N) is 1. The molecule has 22 heavy (non-hydrogen) atoms. The fourth-order valence-corrected chi connectivity index (χ4v) is 4.74. The van der Waals surface area contributed by atoms with Gasteiger partial charge in [0, 0.05) is 12.1 Å². The third-order valence-corrected chi connectivity index (χ3v) is 5.59. The minimum absolute atomic E-state index is 0.183. The van der Waals surface area contributed by atoms with Crippen molar-refractivity contribution in [1.29, 1.82) is 0 Å². The van der Waals surface area contributed by atoms with Gasteiger partial charge in [-0.15, -0.1) is 0 Å². The predicted octanol–water partition coefficient (Wildman–Crippen LogP) is 4.89. The van der Waals surface area contributed by atoms with Gasteiger partial charge in [-0.3, -0.25) is 10.1 Å². The number of nitro groups is 1. The van der Waals surface area contributed by atoms with Crippen LogP contribution < -0.4 is 0 Å². The van der Waals surface area contributed by atoms with E-state index in [9.17, 15) is 10.1 Å². The zero-order chi connectivity index (χ0) is 15.1. The lowest BCUT2D eigenvalue weighted by molar-refractivity contribution is -0.384. The first kappa shape index (κ1) is 13.5. The molecule has 2 aromatic carbocycles. The van der Waals surface area contributed by atoms with Crippen molar-refractivity contribution in [2.75, 3.05) is 0 Å². The molecule has 0 radical (unpaired) electrons. The molecule has 0 spiro atoms. The minimum Gasteiger partial charge on any atom is -0.258 e. The van der Waals surface area contributed by atoms with Gasteiger partial charge in [0.15, 0.2) is 0 Å². The van der Waals surface area contributed by atoms with Crippen molar-refractivity contribution in [3.8, 4) is 0 Å². The molecule has 112 valence electrons. The zero-order valence-electron chi connectivity index (χ0n) is 12.4. The molecular weight excluding hydrogens is 274 g/mol. The average Bonchev–Trinajstić information content (AvgIpc) is 3.17. The highest BCUT2D eigenvalue weighted by molar-refractivity contribution is 5.39. The zero-order valence-corrected chi connectivity index (χ0v) is 12.4. The van der Waals surface area contributed by atoms with Crippen LogP contribution >= 0.6 is 0 Å². The van der Waals surface area contributed by atoms with Crippen molar-refractivity contribution in [3.05, 3.63) is 75.8 Å². The quantitative estimate of drug-likeness (QED) is 0.597. The molecule has 3 heteroatoms. The fourth-order valence-electron chi connectivity index (χ4n) is 4.74. The van der Waals surface area contributed by atoms with E-state index in [-0.39, 0.29) is 10.6 Å². The third kappa shape index (κ3) is 2.12. The van der Waals surface area contributed by atoms with Gasteiger partial charge < -0.3 is 0 Å². The Bertz CT molecular complexity index is 680. The maximum absolute atomic E-state index is 10.9. The van der Waals surface area contributed by atoms with Gasteiger partial charge in [-0.05, 0) is 54.1 Å². The van der Waals surface area contributed by atoms with Crippen LogP contribution in [0.2, 0.25) is 0 Å². The molecule has 0 amide bonds. The van der Waals surface area contributed by atoms with Crippen LogP contribution in [0.25, 0.3) is 0 Å². The maximum atomic E-state index is 10.9. The van der Waals surface area contributed by atoms with Crippen molar-refractivity contribution in [2.24, 2.45) is 11.8 Å². The van der Waals surface area contributed by atoms with E-state index in [1.54, 1.807) is 12.1 Å². The van der Waals surface area contributed by atoms with Gasteiger partial charge in [0.05, 0.1) is 4.92 Å². The lowest BCUT2D eigenvalue weighted by Gasteiger charge is -2.32. The highest BCUT2D eigenvalue weighted by atomic mass is 16.6. The second kappa shape index (κ2) is 5.24. The first-order valence-electron chi connectivity index (χ1n) is 8.03. The minimum atomic E-state index is -0.320. The van der Waals surface area contributed by atoms with E-state index >= 15 is 0 Å². The van der Waals surface area contributed by atoms with Crippen LogP contribution in [-0.2, 0) is 0 Å². The lowest BCUT2D eigenvalue weighted by atomic mass is 9.72. The first-order chi connectivity index (χ1) is 10.7. The summed E-state index contributed by atoms with van der Waals surface area (Å²) in [5.74, 6) is 2.59. The van der Waals surface area contributed by atoms with Gasteiger partial charge in [-0.25, -0.2) is 0 Å².